The molecule has 0 bridgehead atoms. The van der Waals surface area contributed by atoms with E-state index in [2.05, 4.69) is 124 Å². The lowest BCUT2D eigenvalue weighted by molar-refractivity contribution is -0.385. The van der Waals surface area contributed by atoms with Crippen LogP contribution in [0.1, 0.15) is 88.8 Å². The van der Waals surface area contributed by atoms with Gasteiger partial charge in [0, 0.05) is 84.1 Å². The number of hydrogen-bond donors (Lipinski definition) is 0. The molecule has 4 aliphatic heterocycles. The number of fused-ring (bicyclic) bond motifs is 4. The number of non-ortho nitro benzene ring substituents is 2. The van der Waals surface area contributed by atoms with Gasteiger partial charge < -0.3 is 24.0 Å². The summed E-state index contributed by atoms with van der Waals surface area (Å²) in [5.74, 6) is 1.33. The van der Waals surface area contributed by atoms with E-state index in [0.717, 1.165) is 59.8 Å². The lowest BCUT2D eigenvalue weighted by atomic mass is 9.76. The molecule has 0 amide bonds. The molecule has 4 aromatic rings. The van der Waals surface area contributed by atoms with E-state index in [1.54, 1.807) is 24.3 Å². The SMILES string of the molecule is CCN(CC)Cc1cc([N+](=O)[O-])cc2c1OC1(C=C2)N(CCOCCN2c3ccccc3C(C)(C)C23C=Cc2cc([N+](=O)[O-])cc(CN(CC)CC)c2O3)c2ccccc2C1(C)C. The van der Waals surface area contributed by atoms with Crippen molar-refractivity contribution in [1.29, 1.82) is 0 Å². The smallest absolute Gasteiger partial charge is 0.270 e. The van der Waals surface area contributed by atoms with Gasteiger partial charge in [0.1, 0.15) is 11.5 Å². The number of nitrogens with zero attached hydrogens (tertiary/aromatic N) is 6. The molecule has 4 aliphatic rings. The van der Waals surface area contributed by atoms with Gasteiger partial charge in [-0.15, -0.1) is 0 Å². The molecule has 0 saturated heterocycles. The molecule has 0 aliphatic carbocycles. The normalized spacial score (nSPS) is 20.8. The van der Waals surface area contributed by atoms with Crippen LogP contribution in [0.3, 0.4) is 0 Å². The largest absolute Gasteiger partial charge is 0.462 e. The Morgan fingerprint density at radius 2 is 0.984 bits per heavy atom. The first kappa shape index (κ1) is 43.9. The molecule has 2 atom stereocenters. The van der Waals surface area contributed by atoms with Gasteiger partial charge in [0.25, 0.3) is 11.4 Å². The maximum absolute atomic E-state index is 12.1. The molecule has 2 unspecified atom stereocenters. The molecular weight excluding hydrogens is 797 g/mol. The second kappa shape index (κ2) is 16.7. The summed E-state index contributed by atoms with van der Waals surface area (Å²) in [6, 6.07) is 23.3. The highest BCUT2D eigenvalue weighted by Crippen LogP contribution is 2.57. The van der Waals surface area contributed by atoms with Gasteiger partial charge in [-0.1, -0.05) is 64.1 Å². The maximum Gasteiger partial charge on any atom is 0.270 e. The van der Waals surface area contributed by atoms with Gasteiger partial charge in [-0.25, -0.2) is 0 Å². The Balaban J connectivity index is 1.07. The van der Waals surface area contributed by atoms with Crippen molar-refractivity contribution in [3.05, 3.63) is 139 Å². The summed E-state index contributed by atoms with van der Waals surface area (Å²) < 4.78 is 21.2. The molecule has 0 radical (unpaired) electrons. The van der Waals surface area contributed by atoms with Crippen molar-refractivity contribution in [1.82, 2.24) is 9.80 Å². The van der Waals surface area contributed by atoms with Crippen molar-refractivity contribution in [2.24, 2.45) is 0 Å². The molecule has 13 heteroatoms. The minimum atomic E-state index is -0.935. The van der Waals surface area contributed by atoms with Crippen LogP contribution in [0.15, 0.2) is 84.9 Å². The molecule has 0 fully saturated rings. The monoisotopic (exact) mass is 856 g/mol. The zero-order valence-electron chi connectivity index (χ0n) is 37.8. The van der Waals surface area contributed by atoms with Crippen molar-refractivity contribution in [3.8, 4) is 11.5 Å². The molecule has 332 valence electrons. The third-order valence-corrected chi connectivity index (χ3v) is 14.1. The van der Waals surface area contributed by atoms with Gasteiger partial charge in [-0.05, 0) is 101 Å². The summed E-state index contributed by atoms with van der Waals surface area (Å²) in [4.78, 5) is 32.5. The highest BCUT2D eigenvalue weighted by Gasteiger charge is 2.60. The fraction of sp³-hybridized carbons (Fsp3) is 0.440. The second-order valence-corrected chi connectivity index (χ2v) is 17.9. The van der Waals surface area contributed by atoms with Crippen LogP contribution in [0.4, 0.5) is 22.7 Å². The Kier molecular flexibility index (Phi) is 11.7. The van der Waals surface area contributed by atoms with E-state index < -0.39 is 22.3 Å². The molecule has 4 aromatic carbocycles. The van der Waals surface area contributed by atoms with Gasteiger partial charge >= 0.3 is 0 Å². The average molecular weight is 857 g/mol. The summed E-state index contributed by atoms with van der Waals surface area (Å²) in [5, 5.41) is 24.1. The fourth-order valence-electron chi connectivity index (χ4n) is 10.3. The Morgan fingerprint density at radius 1 is 0.603 bits per heavy atom. The van der Waals surface area contributed by atoms with Gasteiger partial charge in [0.2, 0.25) is 11.4 Å². The van der Waals surface area contributed by atoms with Crippen LogP contribution in [0.5, 0.6) is 11.5 Å². The quantitative estimate of drug-likeness (QED) is 0.0607. The summed E-state index contributed by atoms with van der Waals surface area (Å²) >= 11 is 0. The van der Waals surface area contributed by atoms with Crippen molar-refractivity contribution in [2.75, 3.05) is 62.3 Å². The first-order valence-corrected chi connectivity index (χ1v) is 22.3. The van der Waals surface area contributed by atoms with Crippen molar-refractivity contribution < 1.29 is 24.1 Å². The van der Waals surface area contributed by atoms with Crippen molar-refractivity contribution in [2.45, 2.75) is 90.8 Å². The van der Waals surface area contributed by atoms with E-state index in [1.807, 2.05) is 24.3 Å². The zero-order valence-corrected chi connectivity index (χ0v) is 37.8. The summed E-state index contributed by atoms with van der Waals surface area (Å²) in [7, 11) is 0. The number of nitro groups is 2. The predicted octanol–water partition coefficient (Wildman–Crippen LogP) is 9.70. The van der Waals surface area contributed by atoms with Crippen LogP contribution < -0.4 is 19.3 Å². The average Bonchev–Trinajstić information content (AvgIpc) is 3.57. The summed E-state index contributed by atoms with van der Waals surface area (Å²) in [6.45, 7) is 23.2. The third-order valence-electron chi connectivity index (χ3n) is 14.1. The number of rotatable bonds is 16. The lowest BCUT2D eigenvalue weighted by Gasteiger charge is -2.48. The van der Waals surface area contributed by atoms with Crippen LogP contribution in [-0.4, -0.2) is 83.6 Å². The standard InChI is InChI=1S/C50H60N6O7/c1-9-51(10-2)33-37-31-39(55(57)58)29-35-21-23-49(62-45(35)37)47(5,6)41-17-13-15-19-43(41)53(49)25-27-61-28-26-54-44-20-16-14-18-42(44)48(7,8)50(54)24-22-36-30-40(56(59)60)32-38(46(36)63-50)34-52(11-3)12-4/h13-24,29-32H,9-12,25-28,33-34H2,1-8H3. The van der Waals surface area contributed by atoms with Crippen molar-refractivity contribution in [3.63, 3.8) is 0 Å². The minimum absolute atomic E-state index is 0.0486. The molecule has 4 heterocycles. The molecule has 13 nitrogen and oxygen atoms in total. The van der Waals surface area contributed by atoms with E-state index in [-0.39, 0.29) is 21.2 Å². The van der Waals surface area contributed by atoms with E-state index >= 15 is 0 Å². The van der Waals surface area contributed by atoms with Crippen molar-refractivity contribution >= 4 is 34.9 Å². The third kappa shape index (κ3) is 7.14. The van der Waals surface area contributed by atoms with Crippen LogP contribution in [0.2, 0.25) is 0 Å². The molecule has 63 heavy (non-hydrogen) atoms. The van der Waals surface area contributed by atoms with Gasteiger partial charge in [0.05, 0.1) is 33.9 Å². The van der Waals surface area contributed by atoms with Gasteiger partial charge in [-0.2, -0.15) is 0 Å². The van der Waals surface area contributed by atoms with Gasteiger partial charge in [0.15, 0.2) is 0 Å². The molecular formula is C50H60N6O7. The van der Waals surface area contributed by atoms with E-state index in [0.29, 0.717) is 62.0 Å². The Labute approximate surface area is 370 Å². The first-order valence-electron chi connectivity index (χ1n) is 22.3. The Hall–Kier alpha value is -5.76. The number of para-hydroxylation sites is 2. The molecule has 0 aromatic heterocycles. The molecule has 2 spiro atoms. The Bertz CT molecular complexity index is 2310. The van der Waals surface area contributed by atoms with E-state index in [9.17, 15) is 20.2 Å². The molecule has 8 rings (SSSR count). The first-order chi connectivity index (χ1) is 30.2. The predicted molar refractivity (Wildman–Crippen MR) is 249 cm³/mol. The van der Waals surface area contributed by atoms with Crippen LogP contribution >= 0.6 is 0 Å². The number of anilines is 2. The molecule has 0 N–H and O–H groups in total. The molecule has 0 saturated carbocycles. The number of benzene rings is 4. The lowest BCUT2D eigenvalue weighted by Crippen LogP contribution is -2.60. The van der Waals surface area contributed by atoms with Crippen LogP contribution in [0, 0.1) is 20.2 Å². The number of hydrogen-bond acceptors (Lipinski definition) is 11. The van der Waals surface area contributed by atoms with E-state index in [4.69, 9.17) is 14.2 Å². The number of nitro benzene ring substituents is 2. The fourth-order valence-corrected chi connectivity index (χ4v) is 10.3. The van der Waals surface area contributed by atoms with E-state index in [1.165, 1.54) is 0 Å². The second-order valence-electron chi connectivity index (χ2n) is 17.9. The van der Waals surface area contributed by atoms with Crippen LogP contribution in [-0.2, 0) is 28.7 Å². The number of ether oxygens (including phenoxy) is 3. The summed E-state index contributed by atoms with van der Waals surface area (Å²) in [6.07, 6.45) is 8.13. The van der Waals surface area contributed by atoms with Gasteiger partial charge in [-0.3, -0.25) is 30.0 Å². The minimum Gasteiger partial charge on any atom is -0.462 e. The Morgan fingerprint density at radius 3 is 1.35 bits per heavy atom. The highest BCUT2D eigenvalue weighted by atomic mass is 16.6. The topological polar surface area (TPSA) is 127 Å². The maximum atomic E-state index is 12.1. The highest BCUT2D eigenvalue weighted by molar-refractivity contribution is 5.76. The van der Waals surface area contributed by atoms with Crippen LogP contribution in [0.25, 0.3) is 12.2 Å². The zero-order chi connectivity index (χ0) is 44.9. The summed E-state index contributed by atoms with van der Waals surface area (Å²) in [5.41, 5.74) is 4.60.